The number of rotatable bonds is 3. The van der Waals surface area contributed by atoms with Crippen molar-refractivity contribution in [2.45, 2.75) is 6.61 Å². The molecule has 0 fully saturated rings. The fraction of sp³-hybridized carbons (Fsp3) is 0.222. The third-order valence-electron chi connectivity index (χ3n) is 1.52. The normalized spacial score (nSPS) is 7.18. The van der Waals surface area contributed by atoms with Gasteiger partial charge in [0.1, 0.15) is 5.75 Å². The maximum Gasteiger partial charge on any atom is 0.440 e. The van der Waals surface area contributed by atoms with Crippen molar-refractivity contribution in [1.82, 2.24) is 5.54 Å². The van der Waals surface area contributed by atoms with Crippen molar-refractivity contribution in [2.75, 3.05) is 7.11 Å². The minimum absolute atomic E-state index is 0.278. The van der Waals surface area contributed by atoms with Crippen LogP contribution in [0, 0.1) is 0 Å². The lowest BCUT2D eigenvalue weighted by Gasteiger charge is -2.03. The molecule has 1 N–H and O–H groups in total. The zero-order valence-electron chi connectivity index (χ0n) is 10.6. The van der Waals surface area contributed by atoms with Crippen molar-refractivity contribution in [3.05, 3.63) is 29.8 Å². The minimum Gasteiger partial charge on any atom is -0.409 e. The van der Waals surface area contributed by atoms with Gasteiger partial charge in [-0.2, -0.15) is 5.54 Å². The number of carbonyl (C=O) groups is 1. The van der Waals surface area contributed by atoms with Gasteiger partial charge in [-0.25, -0.2) is 4.79 Å². The SMILES string of the molecule is COCc1ccc(OC(=O)NF)cc1.FF.FF.FF.FF. The van der Waals surface area contributed by atoms with Crippen molar-refractivity contribution in [3.63, 3.8) is 0 Å². The summed E-state index contributed by atoms with van der Waals surface area (Å²) in [5.74, 6) is 0.278. The number of amides is 1. The first-order valence-corrected chi connectivity index (χ1v) is 4.49. The molecule has 0 saturated carbocycles. The van der Waals surface area contributed by atoms with E-state index in [1.165, 1.54) is 0 Å². The van der Waals surface area contributed by atoms with Crippen LogP contribution in [-0.4, -0.2) is 13.2 Å². The summed E-state index contributed by atoms with van der Waals surface area (Å²) in [6.45, 7) is 0.482. The molecule has 0 saturated heterocycles. The molecule has 0 aliphatic carbocycles. The Balaban J connectivity index is -0.000000175. The van der Waals surface area contributed by atoms with Gasteiger partial charge in [-0.15, -0.1) is 0 Å². The molecule has 22 heavy (non-hydrogen) atoms. The van der Waals surface area contributed by atoms with Crippen LogP contribution < -0.4 is 10.3 Å². The molecular formula is C9H10F9NO3. The Labute approximate surface area is 117 Å². The third kappa shape index (κ3) is 17.8. The zero-order valence-corrected chi connectivity index (χ0v) is 10.6. The van der Waals surface area contributed by atoms with Gasteiger partial charge in [0.2, 0.25) is 0 Å². The highest BCUT2D eigenvalue weighted by atomic mass is 20.0. The summed E-state index contributed by atoms with van der Waals surface area (Å²) in [6, 6.07) is 6.57. The summed E-state index contributed by atoms with van der Waals surface area (Å²) in [5, 5.41) is 0. The largest absolute Gasteiger partial charge is 0.440 e. The lowest BCUT2D eigenvalue weighted by Crippen LogP contribution is -2.18. The number of carbonyl (C=O) groups excluding carboxylic acids is 1. The van der Waals surface area contributed by atoms with Gasteiger partial charge < -0.3 is 9.47 Å². The Kier molecular flexibility index (Phi) is 34.7. The van der Waals surface area contributed by atoms with Crippen LogP contribution >= 0.6 is 0 Å². The highest BCUT2D eigenvalue weighted by Gasteiger charge is 2.02. The van der Waals surface area contributed by atoms with Crippen molar-refractivity contribution < 1.29 is 55.3 Å². The molecule has 1 rings (SSSR count). The fourth-order valence-electron chi connectivity index (χ4n) is 0.947. The van der Waals surface area contributed by atoms with Gasteiger partial charge in [0.05, 0.1) is 6.61 Å². The van der Waals surface area contributed by atoms with Crippen LogP contribution in [0.2, 0.25) is 0 Å². The molecule has 1 amide bonds. The molecule has 0 aliphatic rings. The lowest BCUT2D eigenvalue weighted by atomic mass is 10.2. The van der Waals surface area contributed by atoms with Gasteiger partial charge in [0.15, 0.2) is 0 Å². The Hall–Kier alpha value is -2.18. The van der Waals surface area contributed by atoms with Gasteiger partial charge in [-0.3, -0.25) is 0 Å². The van der Waals surface area contributed by atoms with Crippen molar-refractivity contribution in [1.29, 1.82) is 0 Å². The highest BCUT2D eigenvalue weighted by molar-refractivity contribution is 5.68. The maximum atomic E-state index is 11.5. The number of nitrogens with one attached hydrogen (secondary N) is 1. The van der Waals surface area contributed by atoms with E-state index >= 15 is 0 Å². The summed E-state index contributed by atoms with van der Waals surface area (Å²) in [4.78, 5) is 10.5. The van der Waals surface area contributed by atoms with E-state index in [1.54, 1.807) is 31.4 Å². The lowest BCUT2D eigenvalue weighted by molar-refractivity contribution is 0.108. The number of benzene rings is 1. The van der Waals surface area contributed by atoms with Gasteiger partial charge in [0, 0.05) is 43.7 Å². The summed E-state index contributed by atoms with van der Waals surface area (Å²) < 4.78 is 84.9. The van der Waals surface area contributed by atoms with Crippen LogP contribution in [0.4, 0.5) is 45.9 Å². The van der Waals surface area contributed by atoms with Crippen molar-refractivity contribution in [2.24, 2.45) is 0 Å². The Morgan fingerprint density at radius 1 is 0.955 bits per heavy atom. The van der Waals surface area contributed by atoms with E-state index in [-0.39, 0.29) is 5.75 Å². The predicted octanol–water partition coefficient (Wildman–Crippen LogP) is 5.17. The summed E-state index contributed by atoms with van der Waals surface area (Å²) in [5.41, 5.74) is 1.81. The third-order valence-corrected chi connectivity index (χ3v) is 1.52. The first-order chi connectivity index (χ1) is 10.8. The predicted molar refractivity (Wildman–Crippen MR) is 56.3 cm³/mol. The Bertz CT molecular complexity index is 316. The molecule has 0 unspecified atom stereocenters. The summed E-state index contributed by atoms with van der Waals surface area (Å²) in [7, 11) is 1.58. The zero-order chi connectivity index (χ0) is 18.4. The molecule has 0 atom stereocenters. The smallest absolute Gasteiger partial charge is 0.409 e. The van der Waals surface area contributed by atoms with E-state index in [4.69, 9.17) is 41.3 Å². The van der Waals surface area contributed by atoms with Crippen LogP contribution in [0.25, 0.3) is 0 Å². The molecule has 1 aromatic carbocycles. The molecule has 4 nitrogen and oxygen atoms in total. The van der Waals surface area contributed by atoms with Gasteiger partial charge >= 0.3 is 6.09 Å². The van der Waals surface area contributed by atoms with Crippen LogP contribution in [-0.2, 0) is 11.3 Å². The van der Waals surface area contributed by atoms with Crippen LogP contribution in [0.1, 0.15) is 5.56 Å². The van der Waals surface area contributed by atoms with Crippen molar-refractivity contribution in [3.8, 4) is 5.75 Å². The number of ether oxygens (including phenoxy) is 2. The second kappa shape index (κ2) is 27.2. The van der Waals surface area contributed by atoms with E-state index in [2.05, 4.69) is 4.74 Å². The number of hydrogen-bond acceptors (Lipinski definition) is 3. The molecule has 0 radical (unpaired) electrons. The quantitative estimate of drug-likeness (QED) is 0.604. The Morgan fingerprint density at radius 2 is 1.36 bits per heavy atom. The van der Waals surface area contributed by atoms with Crippen LogP contribution in [0.5, 0.6) is 5.75 Å². The van der Waals surface area contributed by atoms with Gasteiger partial charge in [-0.1, -0.05) is 16.6 Å². The topological polar surface area (TPSA) is 47.6 Å². The molecule has 0 bridgehead atoms. The van der Waals surface area contributed by atoms with E-state index < -0.39 is 6.09 Å². The fourth-order valence-corrected chi connectivity index (χ4v) is 0.947. The molecule has 0 heterocycles. The number of methoxy groups -OCH3 is 1. The standard InChI is InChI=1S/C9H10FNO3.4F2/c1-13-6-7-2-4-8(5-3-7)14-9(12)11-10;4*1-2/h2-5H,6H2,1H3,(H,11,12);;;;. The van der Waals surface area contributed by atoms with Gasteiger partial charge in [-0.05, 0) is 17.7 Å². The highest BCUT2D eigenvalue weighted by Crippen LogP contribution is 2.12. The number of hydrogen-bond donors (Lipinski definition) is 1. The molecule has 1 aromatic rings. The molecule has 0 aliphatic heterocycles. The second-order valence-electron chi connectivity index (χ2n) is 2.56. The van der Waals surface area contributed by atoms with Gasteiger partial charge in [0.25, 0.3) is 0 Å². The van der Waals surface area contributed by atoms with E-state index in [1.807, 2.05) is 0 Å². The first-order valence-electron chi connectivity index (χ1n) is 4.49. The summed E-state index contributed by atoms with van der Waals surface area (Å²) in [6.07, 6.45) is -1.13. The summed E-state index contributed by atoms with van der Waals surface area (Å²) >= 11 is 0. The average Bonchev–Trinajstić information content (AvgIpc) is 2.63. The van der Waals surface area contributed by atoms with E-state index in [0.29, 0.717) is 6.61 Å². The molecule has 0 spiro atoms. The minimum atomic E-state index is -1.13. The average molecular weight is 351 g/mol. The van der Waals surface area contributed by atoms with Crippen LogP contribution in [0.15, 0.2) is 24.3 Å². The Morgan fingerprint density at radius 3 is 1.68 bits per heavy atom. The molecule has 132 valence electrons. The molecule has 0 aromatic heterocycles. The molecular weight excluding hydrogens is 341 g/mol. The monoisotopic (exact) mass is 351 g/mol. The van der Waals surface area contributed by atoms with Crippen LogP contribution in [0.3, 0.4) is 0 Å². The van der Waals surface area contributed by atoms with Crippen molar-refractivity contribution >= 4 is 6.09 Å². The second-order valence-corrected chi connectivity index (χ2v) is 2.56. The maximum absolute atomic E-state index is 11.5. The molecule has 13 heteroatoms. The first kappa shape index (κ1) is 28.0. The number of halogens is 9. The van der Waals surface area contributed by atoms with E-state index in [9.17, 15) is 9.28 Å². The van der Waals surface area contributed by atoms with E-state index in [0.717, 1.165) is 11.1 Å².